The lowest BCUT2D eigenvalue weighted by Gasteiger charge is -2.42. The van der Waals surface area contributed by atoms with Crippen molar-refractivity contribution in [1.82, 2.24) is 0 Å². The largest absolute Gasteiger partial charge is 0.460 e. The zero-order valence-electron chi connectivity index (χ0n) is 22.6. The van der Waals surface area contributed by atoms with Crippen molar-refractivity contribution < 1.29 is 98.7 Å². The number of esters is 1. The van der Waals surface area contributed by atoms with E-state index in [1.54, 1.807) is 0 Å². The number of halogens is 17. The molecule has 0 aliphatic carbocycles. The van der Waals surface area contributed by atoms with Gasteiger partial charge in [-0.1, -0.05) is 32.4 Å². The number of ether oxygens (including phenoxy) is 3. The Morgan fingerprint density at radius 2 is 1.24 bits per heavy atom. The lowest BCUT2D eigenvalue weighted by atomic mass is 9.88. The van der Waals surface area contributed by atoms with Crippen LogP contribution in [0.1, 0.15) is 45.4 Å². The summed E-state index contributed by atoms with van der Waals surface area (Å²) in [6.07, 6.45) is -12.1. The molecule has 0 aromatic heterocycles. The fourth-order valence-electron chi connectivity index (χ4n) is 3.89. The first-order valence-electron chi connectivity index (χ1n) is 12.5. The van der Waals surface area contributed by atoms with Gasteiger partial charge in [0.05, 0.1) is 0 Å². The fraction of sp³-hybridized carbons (Fsp3) is 0.870. The molecule has 266 valence electrons. The first kappa shape index (κ1) is 40.9. The van der Waals surface area contributed by atoms with Crippen LogP contribution in [0, 0.1) is 0 Å². The van der Waals surface area contributed by atoms with Crippen molar-refractivity contribution in [3.8, 4) is 0 Å². The lowest BCUT2D eigenvalue weighted by Crippen LogP contribution is -2.74. The van der Waals surface area contributed by atoms with E-state index in [4.69, 9.17) is 9.47 Å². The molecule has 0 radical (unpaired) electrons. The minimum absolute atomic E-state index is 0.143. The molecule has 1 saturated heterocycles. The van der Waals surface area contributed by atoms with Gasteiger partial charge in [0, 0.05) is 13.0 Å². The number of alkyl halides is 17. The smallest absolute Gasteiger partial charge is 0.457 e. The Morgan fingerprint density at radius 1 is 0.778 bits per heavy atom. The summed E-state index contributed by atoms with van der Waals surface area (Å²) < 4.78 is 241. The molecule has 1 fully saturated rings. The van der Waals surface area contributed by atoms with E-state index < -0.39 is 97.7 Å². The van der Waals surface area contributed by atoms with Crippen molar-refractivity contribution >= 4 is 5.97 Å². The van der Waals surface area contributed by atoms with E-state index in [9.17, 15) is 84.5 Å². The fourth-order valence-corrected chi connectivity index (χ4v) is 3.89. The van der Waals surface area contributed by atoms with Gasteiger partial charge < -0.3 is 19.3 Å². The molecule has 0 amide bonds. The molecule has 45 heavy (non-hydrogen) atoms. The van der Waals surface area contributed by atoms with Gasteiger partial charge in [0.2, 0.25) is 0 Å². The van der Waals surface area contributed by atoms with Gasteiger partial charge in [0.1, 0.15) is 12.9 Å². The van der Waals surface area contributed by atoms with E-state index >= 15 is 0 Å². The first-order valence-corrected chi connectivity index (χ1v) is 12.5. The summed E-state index contributed by atoms with van der Waals surface area (Å²) in [5, 5.41) is 10.7. The molecule has 1 aliphatic heterocycles. The van der Waals surface area contributed by atoms with Gasteiger partial charge in [0.25, 0.3) is 0 Å². The standard InChI is InChI=1S/C23H25F17O5/c1-3-5-6-8-12-15(42,4-2)13(14(41)45-12)44-11-43-10-7-9-16(24,25)17(26,27)18(28,29)19(30,31)20(32,33)21(34,35)22(36,37)23(38,39)40/h4,12-13,42H,2-3,5-11H2,1H3/t12-,13+,15-/m1/s1. The third-order valence-electron chi connectivity index (χ3n) is 6.69. The summed E-state index contributed by atoms with van der Waals surface area (Å²) in [6.45, 7) is 2.82. The second-order valence-electron chi connectivity index (χ2n) is 9.84. The predicted octanol–water partition coefficient (Wildman–Crippen LogP) is 7.56. The quantitative estimate of drug-likeness (QED) is 0.0525. The van der Waals surface area contributed by atoms with E-state index in [0.29, 0.717) is 12.8 Å². The molecule has 1 heterocycles. The third-order valence-corrected chi connectivity index (χ3v) is 6.69. The molecule has 1 rings (SSSR count). The van der Waals surface area contributed by atoms with Gasteiger partial charge >= 0.3 is 53.6 Å². The highest BCUT2D eigenvalue weighted by Crippen LogP contribution is 2.64. The van der Waals surface area contributed by atoms with Crippen LogP contribution in [0.15, 0.2) is 12.7 Å². The molecule has 22 heteroatoms. The average Bonchev–Trinajstić information content (AvgIpc) is 3.13. The number of aliphatic hydroxyl groups is 1. The minimum Gasteiger partial charge on any atom is -0.457 e. The molecule has 0 aromatic carbocycles. The number of hydrogen-bond acceptors (Lipinski definition) is 5. The Bertz CT molecular complexity index is 1030. The van der Waals surface area contributed by atoms with Crippen LogP contribution in [0.4, 0.5) is 74.6 Å². The van der Waals surface area contributed by atoms with Crippen LogP contribution in [-0.2, 0) is 19.0 Å². The maximum atomic E-state index is 13.9. The van der Waals surface area contributed by atoms with Crippen molar-refractivity contribution in [2.75, 3.05) is 13.4 Å². The molecule has 1 N–H and O–H groups in total. The van der Waals surface area contributed by atoms with E-state index in [0.717, 1.165) is 12.5 Å². The van der Waals surface area contributed by atoms with E-state index in [1.807, 2.05) is 6.92 Å². The predicted molar refractivity (Wildman–Crippen MR) is 115 cm³/mol. The van der Waals surface area contributed by atoms with Crippen molar-refractivity contribution in [3.05, 3.63) is 12.7 Å². The average molecular weight is 704 g/mol. The van der Waals surface area contributed by atoms with E-state index in [-0.39, 0.29) is 6.42 Å². The summed E-state index contributed by atoms with van der Waals surface area (Å²) >= 11 is 0. The van der Waals surface area contributed by atoms with Gasteiger partial charge in [-0.2, -0.15) is 74.6 Å². The summed E-state index contributed by atoms with van der Waals surface area (Å²) in [6, 6.07) is 0. The number of carbonyl (C=O) groups excluding carboxylic acids is 1. The Hall–Kier alpha value is -2.10. The van der Waals surface area contributed by atoms with Gasteiger partial charge in [-0.25, -0.2) is 4.79 Å². The van der Waals surface area contributed by atoms with Crippen molar-refractivity contribution in [3.63, 3.8) is 0 Å². The summed E-state index contributed by atoms with van der Waals surface area (Å²) in [7, 11) is 0. The van der Waals surface area contributed by atoms with Crippen molar-refractivity contribution in [2.24, 2.45) is 0 Å². The van der Waals surface area contributed by atoms with Gasteiger partial charge in [-0.15, -0.1) is 0 Å². The second-order valence-corrected chi connectivity index (χ2v) is 9.84. The molecule has 5 nitrogen and oxygen atoms in total. The van der Waals surface area contributed by atoms with Crippen LogP contribution >= 0.6 is 0 Å². The Labute approximate surface area is 242 Å². The van der Waals surface area contributed by atoms with Gasteiger partial charge in [0.15, 0.2) is 11.7 Å². The zero-order chi connectivity index (χ0) is 35.7. The minimum atomic E-state index is -8.69. The molecular weight excluding hydrogens is 679 g/mol. The summed E-state index contributed by atoms with van der Waals surface area (Å²) in [5.74, 6) is -57.9. The van der Waals surface area contributed by atoms with Crippen LogP contribution in [0.5, 0.6) is 0 Å². The third kappa shape index (κ3) is 6.82. The molecule has 1 aliphatic rings. The highest BCUT2D eigenvalue weighted by Gasteiger charge is 2.95. The molecule has 3 atom stereocenters. The second kappa shape index (κ2) is 13.2. The highest BCUT2D eigenvalue weighted by molar-refractivity contribution is 5.80. The lowest BCUT2D eigenvalue weighted by molar-refractivity contribution is -0.461. The van der Waals surface area contributed by atoms with Crippen LogP contribution in [0.3, 0.4) is 0 Å². The highest BCUT2D eigenvalue weighted by atomic mass is 19.4. The maximum absolute atomic E-state index is 13.9. The monoisotopic (exact) mass is 704 g/mol. The Morgan fingerprint density at radius 3 is 1.69 bits per heavy atom. The van der Waals surface area contributed by atoms with Crippen LogP contribution in [-0.4, -0.2) is 89.9 Å². The van der Waals surface area contributed by atoms with Crippen LogP contribution in [0.2, 0.25) is 0 Å². The van der Waals surface area contributed by atoms with Crippen molar-refractivity contribution in [1.29, 1.82) is 0 Å². The number of hydrogen-bond donors (Lipinski definition) is 1. The van der Waals surface area contributed by atoms with Crippen LogP contribution in [0.25, 0.3) is 0 Å². The molecule has 0 saturated carbocycles. The van der Waals surface area contributed by atoms with E-state index in [2.05, 4.69) is 11.3 Å². The number of cyclic esters (lactones) is 1. The van der Waals surface area contributed by atoms with Gasteiger partial charge in [-0.05, 0) is 19.3 Å². The van der Waals surface area contributed by atoms with Crippen LogP contribution < -0.4 is 0 Å². The Balaban J connectivity index is 2.97. The molecule has 0 spiro atoms. The maximum Gasteiger partial charge on any atom is 0.460 e. The zero-order valence-corrected chi connectivity index (χ0v) is 22.6. The number of rotatable bonds is 18. The molecule has 0 aromatic rings. The SMILES string of the molecule is C=C[C@@]1(O)[C@@H](CCCCC)OC(=O)[C@@H]1OCOCCCC(F)(F)C(F)(F)C(F)(F)C(F)(F)C(F)(F)C(F)(F)C(F)(F)C(F)(F)F. The molecule has 0 bridgehead atoms. The molecule has 0 unspecified atom stereocenters. The summed E-state index contributed by atoms with van der Waals surface area (Å²) in [5.41, 5.74) is -2.14. The van der Waals surface area contributed by atoms with E-state index in [1.165, 1.54) is 0 Å². The first-order chi connectivity index (χ1) is 20.0. The topological polar surface area (TPSA) is 65.0 Å². The number of carbonyl (C=O) groups is 1. The van der Waals surface area contributed by atoms with Gasteiger partial charge in [-0.3, -0.25) is 0 Å². The normalized spacial score (nSPS) is 23.0. The molecular formula is C23H25F17O5. The number of unbranched alkanes of at least 4 members (excludes halogenated alkanes) is 2. The summed E-state index contributed by atoms with van der Waals surface area (Å²) in [4.78, 5) is 12.0. The van der Waals surface area contributed by atoms with Crippen molar-refractivity contribution in [2.45, 2.75) is 111 Å². The Kier molecular flexibility index (Phi) is 12.0.